The lowest BCUT2D eigenvalue weighted by Crippen LogP contribution is -2.14. The van der Waals surface area contributed by atoms with Gasteiger partial charge in [0, 0.05) is 11.6 Å². The van der Waals surface area contributed by atoms with Crippen molar-refractivity contribution in [1.29, 1.82) is 0 Å². The Balaban J connectivity index is 1.77. The van der Waals surface area contributed by atoms with Crippen LogP contribution in [0.3, 0.4) is 0 Å². The molecule has 6 heteroatoms. The maximum Gasteiger partial charge on any atom is 0.311 e. The highest BCUT2D eigenvalue weighted by Crippen LogP contribution is 2.29. The van der Waals surface area contributed by atoms with Gasteiger partial charge in [-0.1, -0.05) is 12.1 Å². The molecule has 1 unspecified atom stereocenters. The number of ether oxygens (including phenoxy) is 3. The molecule has 0 fully saturated rings. The smallest absolute Gasteiger partial charge is 0.311 e. The second kappa shape index (κ2) is 9.60. The van der Waals surface area contributed by atoms with Gasteiger partial charge in [0.25, 0.3) is 0 Å². The first-order valence-corrected chi connectivity index (χ1v) is 9.30. The molecule has 0 heterocycles. The number of aldehydes is 1. The minimum absolute atomic E-state index is 0.288. The molecule has 30 heavy (non-hydrogen) atoms. The van der Waals surface area contributed by atoms with Crippen LogP contribution in [0.25, 0.3) is 0 Å². The van der Waals surface area contributed by atoms with Crippen LogP contribution < -0.4 is 14.2 Å². The first kappa shape index (κ1) is 20.9. The summed E-state index contributed by atoms with van der Waals surface area (Å²) >= 11 is 0. The van der Waals surface area contributed by atoms with Gasteiger partial charge in [-0.05, 0) is 66.1 Å². The summed E-state index contributed by atoms with van der Waals surface area (Å²) in [6.07, 6.45) is 1.05. The number of carboxylic acids is 1. The molecule has 0 bridgehead atoms. The molecule has 1 N–H and O–H groups in total. The maximum atomic E-state index is 11.9. The van der Waals surface area contributed by atoms with E-state index in [1.165, 1.54) is 0 Å². The largest absolute Gasteiger partial charge is 0.497 e. The molecule has 0 spiro atoms. The molecule has 0 aliphatic heterocycles. The van der Waals surface area contributed by atoms with Crippen LogP contribution in [0.15, 0.2) is 66.7 Å². The molecule has 0 radical (unpaired) electrons. The number of carboxylic acid groups (broad SMARTS) is 1. The summed E-state index contributed by atoms with van der Waals surface area (Å²) in [5.74, 6) is 0.727. The SMILES string of the molecule is COc1cc(CC(C(=O)O)c2ccc(Oc3ccc(C=O)cc3)cc2)cc(OC)c1. The molecule has 1 atom stereocenters. The van der Waals surface area contributed by atoms with E-state index in [1.54, 1.807) is 80.9 Å². The predicted molar refractivity (Wildman–Crippen MR) is 112 cm³/mol. The summed E-state index contributed by atoms with van der Waals surface area (Å²) in [7, 11) is 3.11. The molecule has 0 aliphatic rings. The summed E-state index contributed by atoms with van der Waals surface area (Å²) in [6.45, 7) is 0. The number of aliphatic carboxylic acids is 1. The molecule has 0 saturated heterocycles. The lowest BCUT2D eigenvalue weighted by molar-refractivity contribution is -0.138. The Morgan fingerprint density at radius 1 is 0.867 bits per heavy atom. The average Bonchev–Trinajstić information content (AvgIpc) is 2.78. The van der Waals surface area contributed by atoms with Gasteiger partial charge in [-0.25, -0.2) is 0 Å². The van der Waals surface area contributed by atoms with Gasteiger partial charge in [-0.3, -0.25) is 9.59 Å². The summed E-state index contributed by atoms with van der Waals surface area (Å²) in [4.78, 5) is 22.7. The van der Waals surface area contributed by atoms with Gasteiger partial charge >= 0.3 is 5.97 Å². The quantitative estimate of drug-likeness (QED) is 0.518. The van der Waals surface area contributed by atoms with Crippen molar-refractivity contribution in [1.82, 2.24) is 0 Å². The van der Waals surface area contributed by atoms with Crippen molar-refractivity contribution in [3.63, 3.8) is 0 Å². The van der Waals surface area contributed by atoms with Gasteiger partial charge in [-0.15, -0.1) is 0 Å². The Kier molecular flexibility index (Phi) is 6.70. The standard InChI is InChI=1S/C24H22O6/c1-28-21-11-17(12-22(14-21)29-2)13-23(24(26)27)18-5-9-20(10-6-18)30-19-7-3-16(15-25)4-8-19/h3-12,14-15,23H,13H2,1-2H3,(H,26,27). The van der Waals surface area contributed by atoms with Crippen LogP contribution in [-0.2, 0) is 11.2 Å². The van der Waals surface area contributed by atoms with Crippen LogP contribution in [0.4, 0.5) is 0 Å². The van der Waals surface area contributed by atoms with E-state index in [0.717, 1.165) is 11.8 Å². The molecule has 0 saturated carbocycles. The van der Waals surface area contributed by atoms with Crippen molar-refractivity contribution in [2.75, 3.05) is 14.2 Å². The van der Waals surface area contributed by atoms with Crippen molar-refractivity contribution in [2.45, 2.75) is 12.3 Å². The minimum Gasteiger partial charge on any atom is -0.497 e. The molecule has 0 amide bonds. The third kappa shape index (κ3) is 5.17. The Bertz CT molecular complexity index is 987. The van der Waals surface area contributed by atoms with Crippen molar-refractivity contribution < 1.29 is 28.9 Å². The van der Waals surface area contributed by atoms with Crippen LogP contribution >= 0.6 is 0 Å². The molecule has 0 aliphatic carbocycles. The van der Waals surface area contributed by atoms with E-state index in [0.29, 0.717) is 34.1 Å². The van der Waals surface area contributed by atoms with E-state index in [1.807, 2.05) is 0 Å². The number of carbonyl (C=O) groups is 2. The van der Waals surface area contributed by atoms with E-state index < -0.39 is 11.9 Å². The summed E-state index contributed by atoms with van der Waals surface area (Å²) < 4.78 is 16.3. The highest BCUT2D eigenvalue weighted by molar-refractivity contribution is 5.77. The van der Waals surface area contributed by atoms with Crippen LogP contribution in [0.1, 0.15) is 27.4 Å². The Hall–Kier alpha value is -3.80. The maximum absolute atomic E-state index is 11.9. The lowest BCUT2D eigenvalue weighted by atomic mass is 9.92. The van der Waals surface area contributed by atoms with Gasteiger partial charge in [0.05, 0.1) is 20.1 Å². The zero-order chi connectivity index (χ0) is 21.5. The molecule has 0 aromatic heterocycles. The third-order valence-electron chi connectivity index (χ3n) is 4.68. The van der Waals surface area contributed by atoms with Gasteiger partial charge in [0.2, 0.25) is 0 Å². The lowest BCUT2D eigenvalue weighted by Gasteiger charge is -2.15. The summed E-state index contributed by atoms with van der Waals surface area (Å²) in [6, 6.07) is 19.0. The fraction of sp³-hybridized carbons (Fsp3) is 0.167. The zero-order valence-electron chi connectivity index (χ0n) is 16.7. The van der Waals surface area contributed by atoms with Crippen molar-refractivity contribution >= 4 is 12.3 Å². The van der Waals surface area contributed by atoms with E-state index in [-0.39, 0.29) is 6.42 Å². The molecular formula is C24H22O6. The Labute approximate surface area is 174 Å². The normalized spacial score (nSPS) is 11.4. The van der Waals surface area contributed by atoms with Crippen molar-refractivity contribution in [3.05, 3.63) is 83.4 Å². The summed E-state index contributed by atoms with van der Waals surface area (Å²) in [5.41, 5.74) is 2.03. The first-order valence-electron chi connectivity index (χ1n) is 9.30. The van der Waals surface area contributed by atoms with Crippen LogP contribution in [0.5, 0.6) is 23.0 Å². The highest BCUT2D eigenvalue weighted by atomic mass is 16.5. The predicted octanol–water partition coefficient (Wildman–Crippen LogP) is 4.72. The average molecular weight is 406 g/mol. The molecule has 6 nitrogen and oxygen atoms in total. The van der Waals surface area contributed by atoms with Gasteiger partial charge in [-0.2, -0.15) is 0 Å². The van der Waals surface area contributed by atoms with Crippen LogP contribution in [0, 0.1) is 0 Å². The second-order valence-corrected chi connectivity index (χ2v) is 6.67. The minimum atomic E-state index is -0.921. The molecule has 3 aromatic carbocycles. The van der Waals surface area contributed by atoms with Crippen LogP contribution in [-0.4, -0.2) is 31.6 Å². The number of hydrogen-bond acceptors (Lipinski definition) is 5. The van der Waals surface area contributed by atoms with Gasteiger partial charge < -0.3 is 19.3 Å². The summed E-state index contributed by atoms with van der Waals surface area (Å²) in [5, 5.41) is 9.77. The van der Waals surface area contributed by atoms with Crippen molar-refractivity contribution in [3.8, 4) is 23.0 Å². The molecule has 154 valence electrons. The topological polar surface area (TPSA) is 82.1 Å². The molecular weight excluding hydrogens is 384 g/mol. The number of hydrogen-bond donors (Lipinski definition) is 1. The Morgan fingerprint density at radius 3 is 1.87 bits per heavy atom. The van der Waals surface area contributed by atoms with Crippen LogP contribution in [0.2, 0.25) is 0 Å². The fourth-order valence-corrected chi connectivity index (χ4v) is 3.09. The number of carbonyl (C=O) groups excluding carboxylic acids is 1. The van der Waals surface area contributed by atoms with Gasteiger partial charge in [0.1, 0.15) is 29.3 Å². The monoisotopic (exact) mass is 406 g/mol. The Morgan fingerprint density at radius 2 is 1.40 bits per heavy atom. The zero-order valence-corrected chi connectivity index (χ0v) is 16.7. The van der Waals surface area contributed by atoms with E-state index in [9.17, 15) is 14.7 Å². The van der Waals surface area contributed by atoms with Crippen molar-refractivity contribution in [2.24, 2.45) is 0 Å². The number of benzene rings is 3. The fourth-order valence-electron chi connectivity index (χ4n) is 3.09. The highest BCUT2D eigenvalue weighted by Gasteiger charge is 2.21. The van der Waals surface area contributed by atoms with Gasteiger partial charge in [0.15, 0.2) is 0 Å². The molecule has 3 aromatic rings. The number of methoxy groups -OCH3 is 2. The van der Waals surface area contributed by atoms with E-state index in [2.05, 4.69) is 0 Å². The second-order valence-electron chi connectivity index (χ2n) is 6.67. The van der Waals surface area contributed by atoms with E-state index >= 15 is 0 Å². The number of rotatable bonds is 9. The van der Waals surface area contributed by atoms with E-state index in [4.69, 9.17) is 14.2 Å². The third-order valence-corrected chi connectivity index (χ3v) is 4.68. The first-order chi connectivity index (χ1) is 14.5. The molecule has 3 rings (SSSR count).